The lowest BCUT2D eigenvalue weighted by molar-refractivity contribution is 0.0694. The Labute approximate surface area is 163 Å². The number of likely N-dealkylation sites (tertiary alicyclic amines) is 1. The minimum Gasteiger partial charge on any atom is -0.339 e. The molecule has 1 unspecified atom stereocenters. The number of rotatable bonds is 4. The van der Waals surface area contributed by atoms with E-state index in [1.54, 1.807) is 12.1 Å². The van der Waals surface area contributed by atoms with Crippen molar-refractivity contribution in [3.05, 3.63) is 71.4 Å². The molecule has 2 heterocycles. The maximum absolute atomic E-state index is 13.1. The molecule has 1 atom stereocenters. The molecular formula is C22H22FN3O2. The number of halogens is 1. The lowest BCUT2D eigenvalue weighted by atomic mass is 9.96. The van der Waals surface area contributed by atoms with E-state index in [2.05, 4.69) is 17.1 Å². The van der Waals surface area contributed by atoms with E-state index >= 15 is 0 Å². The predicted molar refractivity (Wildman–Crippen MR) is 103 cm³/mol. The third kappa shape index (κ3) is 3.67. The Morgan fingerprint density at radius 3 is 2.79 bits per heavy atom. The number of hydrogen-bond acceptors (Lipinski definition) is 4. The summed E-state index contributed by atoms with van der Waals surface area (Å²) in [5, 5.41) is 4.03. The molecule has 0 spiro atoms. The van der Waals surface area contributed by atoms with Crippen LogP contribution in [0.2, 0.25) is 0 Å². The highest BCUT2D eigenvalue weighted by atomic mass is 19.1. The van der Waals surface area contributed by atoms with Gasteiger partial charge in [-0.15, -0.1) is 0 Å². The predicted octanol–water partition coefficient (Wildman–Crippen LogP) is 4.46. The standard InChI is InChI=1S/C22H22FN3O2/c1-2-15-6-3-4-8-19(15)22(27)26-13-5-7-17(14-26)21-24-20(25-28-21)16-9-11-18(23)12-10-16/h3-4,6,8-12,17H,2,5,7,13-14H2,1H3. The van der Waals surface area contributed by atoms with Crippen molar-refractivity contribution >= 4 is 5.91 Å². The second kappa shape index (κ2) is 7.92. The van der Waals surface area contributed by atoms with Crippen LogP contribution in [0, 0.1) is 5.82 Å². The first-order chi connectivity index (χ1) is 13.7. The van der Waals surface area contributed by atoms with Gasteiger partial charge in [-0.25, -0.2) is 4.39 Å². The Balaban J connectivity index is 1.51. The summed E-state index contributed by atoms with van der Waals surface area (Å²) >= 11 is 0. The zero-order valence-corrected chi connectivity index (χ0v) is 15.8. The molecule has 0 radical (unpaired) electrons. The van der Waals surface area contributed by atoms with Crippen LogP contribution in [-0.4, -0.2) is 34.0 Å². The van der Waals surface area contributed by atoms with Crippen molar-refractivity contribution in [3.8, 4) is 11.4 Å². The van der Waals surface area contributed by atoms with Crippen LogP contribution >= 0.6 is 0 Å². The first-order valence-corrected chi connectivity index (χ1v) is 9.62. The molecule has 0 N–H and O–H groups in total. The summed E-state index contributed by atoms with van der Waals surface area (Å²) in [4.78, 5) is 19.4. The average Bonchev–Trinajstić information content (AvgIpc) is 3.24. The average molecular weight is 379 g/mol. The van der Waals surface area contributed by atoms with Crippen molar-refractivity contribution in [2.45, 2.75) is 32.1 Å². The van der Waals surface area contributed by atoms with E-state index < -0.39 is 0 Å². The van der Waals surface area contributed by atoms with Crippen LogP contribution in [0.5, 0.6) is 0 Å². The third-order valence-corrected chi connectivity index (χ3v) is 5.23. The smallest absolute Gasteiger partial charge is 0.254 e. The summed E-state index contributed by atoms with van der Waals surface area (Å²) in [7, 11) is 0. The molecule has 1 aromatic heterocycles. The van der Waals surface area contributed by atoms with Gasteiger partial charge in [0.25, 0.3) is 5.91 Å². The second-order valence-corrected chi connectivity index (χ2v) is 7.06. The molecule has 0 bridgehead atoms. The van der Waals surface area contributed by atoms with Gasteiger partial charge in [0, 0.05) is 24.2 Å². The number of carbonyl (C=O) groups excluding carboxylic acids is 1. The highest BCUT2D eigenvalue weighted by Crippen LogP contribution is 2.29. The highest BCUT2D eigenvalue weighted by molar-refractivity contribution is 5.95. The summed E-state index contributed by atoms with van der Waals surface area (Å²) in [5.41, 5.74) is 2.53. The van der Waals surface area contributed by atoms with Gasteiger partial charge < -0.3 is 9.42 Å². The monoisotopic (exact) mass is 379 g/mol. The molecule has 0 aliphatic carbocycles. The zero-order chi connectivity index (χ0) is 19.5. The summed E-state index contributed by atoms with van der Waals surface area (Å²) in [6.07, 6.45) is 2.60. The third-order valence-electron chi connectivity index (χ3n) is 5.23. The highest BCUT2D eigenvalue weighted by Gasteiger charge is 2.29. The topological polar surface area (TPSA) is 59.2 Å². The number of carbonyl (C=O) groups is 1. The van der Waals surface area contributed by atoms with Crippen LogP contribution in [0.3, 0.4) is 0 Å². The summed E-state index contributed by atoms with van der Waals surface area (Å²) in [6.45, 7) is 3.34. The first-order valence-electron chi connectivity index (χ1n) is 9.62. The molecule has 6 heteroatoms. The maximum Gasteiger partial charge on any atom is 0.254 e. The summed E-state index contributed by atoms with van der Waals surface area (Å²) < 4.78 is 18.6. The molecule has 1 aliphatic heterocycles. The van der Waals surface area contributed by atoms with Gasteiger partial charge >= 0.3 is 0 Å². The number of amides is 1. The van der Waals surface area contributed by atoms with Crippen molar-refractivity contribution in [3.63, 3.8) is 0 Å². The zero-order valence-electron chi connectivity index (χ0n) is 15.8. The van der Waals surface area contributed by atoms with Gasteiger partial charge in [-0.3, -0.25) is 4.79 Å². The number of nitrogens with zero attached hydrogens (tertiary/aromatic N) is 3. The van der Waals surface area contributed by atoms with Crippen LogP contribution < -0.4 is 0 Å². The Bertz CT molecular complexity index is 968. The Morgan fingerprint density at radius 2 is 2.00 bits per heavy atom. The molecule has 4 rings (SSSR count). The largest absolute Gasteiger partial charge is 0.339 e. The molecule has 0 saturated carbocycles. The minimum absolute atomic E-state index is 0.00758. The fourth-order valence-electron chi connectivity index (χ4n) is 3.69. The molecule has 144 valence electrons. The quantitative estimate of drug-likeness (QED) is 0.672. The van der Waals surface area contributed by atoms with E-state index in [1.165, 1.54) is 12.1 Å². The molecule has 28 heavy (non-hydrogen) atoms. The van der Waals surface area contributed by atoms with Gasteiger partial charge in [0.1, 0.15) is 5.82 Å². The van der Waals surface area contributed by atoms with Gasteiger partial charge in [-0.1, -0.05) is 30.3 Å². The van der Waals surface area contributed by atoms with E-state index in [0.717, 1.165) is 36.9 Å². The van der Waals surface area contributed by atoms with Gasteiger partial charge in [-0.2, -0.15) is 4.98 Å². The normalized spacial score (nSPS) is 16.9. The van der Waals surface area contributed by atoms with E-state index in [4.69, 9.17) is 4.52 Å². The van der Waals surface area contributed by atoms with E-state index in [9.17, 15) is 9.18 Å². The van der Waals surface area contributed by atoms with Crippen LogP contribution in [0.25, 0.3) is 11.4 Å². The lowest BCUT2D eigenvalue weighted by Gasteiger charge is -2.31. The van der Waals surface area contributed by atoms with Crippen molar-refractivity contribution in [1.29, 1.82) is 0 Å². The van der Waals surface area contributed by atoms with Crippen LogP contribution in [0.4, 0.5) is 4.39 Å². The Morgan fingerprint density at radius 1 is 1.21 bits per heavy atom. The van der Waals surface area contributed by atoms with E-state index in [-0.39, 0.29) is 17.6 Å². The second-order valence-electron chi connectivity index (χ2n) is 7.06. The van der Waals surface area contributed by atoms with Crippen molar-refractivity contribution in [2.24, 2.45) is 0 Å². The van der Waals surface area contributed by atoms with Gasteiger partial charge in [0.15, 0.2) is 0 Å². The maximum atomic E-state index is 13.1. The molecule has 5 nitrogen and oxygen atoms in total. The number of benzene rings is 2. The Hall–Kier alpha value is -3.02. The molecular weight excluding hydrogens is 357 g/mol. The molecule has 1 amide bonds. The summed E-state index contributed by atoms with van der Waals surface area (Å²) in [5.74, 6) is 0.727. The molecule has 2 aromatic carbocycles. The number of piperidine rings is 1. The van der Waals surface area contributed by atoms with Gasteiger partial charge in [0.05, 0.1) is 5.92 Å². The number of hydrogen-bond donors (Lipinski definition) is 0. The van der Waals surface area contributed by atoms with Crippen molar-refractivity contribution < 1.29 is 13.7 Å². The fraction of sp³-hybridized carbons (Fsp3) is 0.318. The van der Waals surface area contributed by atoms with Crippen LogP contribution in [0.1, 0.15) is 47.5 Å². The number of aromatic nitrogens is 2. The van der Waals surface area contributed by atoms with Gasteiger partial charge in [-0.05, 0) is 55.2 Å². The SMILES string of the molecule is CCc1ccccc1C(=O)N1CCCC(c2nc(-c3ccc(F)cc3)no2)C1. The summed E-state index contributed by atoms with van der Waals surface area (Å²) in [6, 6.07) is 13.8. The van der Waals surface area contributed by atoms with E-state index in [1.807, 2.05) is 29.2 Å². The van der Waals surface area contributed by atoms with Crippen LogP contribution in [-0.2, 0) is 6.42 Å². The number of aryl methyl sites for hydroxylation is 1. The lowest BCUT2D eigenvalue weighted by Crippen LogP contribution is -2.39. The van der Waals surface area contributed by atoms with Crippen molar-refractivity contribution in [1.82, 2.24) is 15.0 Å². The van der Waals surface area contributed by atoms with Gasteiger partial charge in [0.2, 0.25) is 11.7 Å². The minimum atomic E-state index is -0.304. The van der Waals surface area contributed by atoms with Crippen molar-refractivity contribution in [2.75, 3.05) is 13.1 Å². The van der Waals surface area contributed by atoms with Crippen LogP contribution in [0.15, 0.2) is 53.1 Å². The molecule has 1 fully saturated rings. The molecule has 3 aromatic rings. The van der Waals surface area contributed by atoms with E-state index in [0.29, 0.717) is 23.8 Å². The molecule has 1 saturated heterocycles. The fourth-order valence-corrected chi connectivity index (χ4v) is 3.69. The first kappa shape index (κ1) is 18.3. The molecule has 1 aliphatic rings. The Kier molecular flexibility index (Phi) is 5.19.